The lowest BCUT2D eigenvalue weighted by Gasteiger charge is -2.33. The molecule has 172 valence electrons. The minimum absolute atomic E-state index is 0.111. The highest BCUT2D eigenvalue weighted by Gasteiger charge is 2.39. The van der Waals surface area contributed by atoms with Crippen molar-refractivity contribution in [1.29, 1.82) is 0 Å². The van der Waals surface area contributed by atoms with Gasteiger partial charge in [-0.25, -0.2) is 8.42 Å². The zero-order chi connectivity index (χ0) is 22.6. The largest absolute Gasteiger partial charge is 0.374 e. The molecule has 2 aliphatic rings. The van der Waals surface area contributed by atoms with E-state index in [2.05, 4.69) is 22.3 Å². The van der Waals surface area contributed by atoms with Crippen LogP contribution in [0.5, 0.6) is 0 Å². The van der Waals surface area contributed by atoms with E-state index in [0.29, 0.717) is 32.5 Å². The fraction of sp³-hybridized carbons (Fsp3) is 0.458. The van der Waals surface area contributed by atoms with Gasteiger partial charge in [0.1, 0.15) is 6.04 Å². The van der Waals surface area contributed by atoms with Crippen LogP contribution in [0.4, 0.5) is 0 Å². The van der Waals surface area contributed by atoms with Crippen LogP contribution in [0, 0.1) is 6.92 Å². The van der Waals surface area contributed by atoms with Crippen LogP contribution in [0.1, 0.15) is 24.0 Å². The van der Waals surface area contributed by atoms with Gasteiger partial charge in [0, 0.05) is 32.7 Å². The van der Waals surface area contributed by atoms with Gasteiger partial charge in [-0.2, -0.15) is 4.31 Å². The van der Waals surface area contributed by atoms with E-state index in [1.54, 1.807) is 24.3 Å². The molecule has 2 aromatic rings. The third kappa shape index (κ3) is 5.38. The number of benzene rings is 2. The van der Waals surface area contributed by atoms with E-state index in [4.69, 9.17) is 4.74 Å². The summed E-state index contributed by atoms with van der Waals surface area (Å²) in [6.45, 7) is 5.69. The first kappa shape index (κ1) is 22.9. The standard InChI is InChI=1S/C24H31N3O4S/c1-19-9-11-22(12-10-19)32(29,30)27-13-5-8-23(27)24(28)25-16-21-18-26(14-15-31-21)17-20-6-3-2-4-7-20/h2-4,6-7,9-12,21,23H,5,8,13-18H2,1H3,(H,25,28)/t21?,23-/m0/s1. The lowest BCUT2D eigenvalue weighted by atomic mass is 10.2. The molecule has 1 unspecified atom stereocenters. The molecule has 0 spiro atoms. The van der Waals surface area contributed by atoms with Gasteiger partial charge in [0.2, 0.25) is 15.9 Å². The van der Waals surface area contributed by atoms with Crippen molar-refractivity contribution in [3.63, 3.8) is 0 Å². The molecule has 0 bridgehead atoms. The second-order valence-corrected chi connectivity index (χ2v) is 10.4. The summed E-state index contributed by atoms with van der Waals surface area (Å²) >= 11 is 0. The van der Waals surface area contributed by atoms with Crippen molar-refractivity contribution in [3.05, 3.63) is 65.7 Å². The molecule has 2 fully saturated rings. The van der Waals surface area contributed by atoms with Crippen molar-refractivity contribution in [2.45, 2.75) is 43.4 Å². The Morgan fingerprint density at radius 1 is 1.09 bits per heavy atom. The molecule has 1 N–H and O–H groups in total. The van der Waals surface area contributed by atoms with Gasteiger partial charge in [0.15, 0.2) is 0 Å². The normalized spacial score (nSPS) is 22.7. The summed E-state index contributed by atoms with van der Waals surface area (Å²) in [6.07, 6.45) is 1.09. The predicted molar refractivity (Wildman–Crippen MR) is 123 cm³/mol. The van der Waals surface area contributed by atoms with Gasteiger partial charge in [-0.1, -0.05) is 48.0 Å². The van der Waals surface area contributed by atoms with Gasteiger partial charge in [-0.3, -0.25) is 9.69 Å². The first-order chi connectivity index (χ1) is 15.4. The predicted octanol–water partition coefficient (Wildman–Crippen LogP) is 2.17. The zero-order valence-corrected chi connectivity index (χ0v) is 19.3. The van der Waals surface area contributed by atoms with Crippen LogP contribution >= 0.6 is 0 Å². The van der Waals surface area contributed by atoms with E-state index in [1.165, 1.54) is 9.87 Å². The van der Waals surface area contributed by atoms with Crippen LogP contribution in [0.25, 0.3) is 0 Å². The van der Waals surface area contributed by atoms with Crippen molar-refractivity contribution in [2.75, 3.05) is 32.8 Å². The fourth-order valence-electron chi connectivity index (χ4n) is 4.36. The van der Waals surface area contributed by atoms with E-state index in [9.17, 15) is 13.2 Å². The number of nitrogens with one attached hydrogen (secondary N) is 1. The van der Waals surface area contributed by atoms with Gasteiger partial charge < -0.3 is 10.1 Å². The maximum atomic E-state index is 13.1. The van der Waals surface area contributed by atoms with E-state index in [1.807, 2.05) is 25.1 Å². The number of aryl methyl sites for hydroxylation is 1. The number of carbonyl (C=O) groups excluding carboxylic acids is 1. The molecule has 4 rings (SSSR count). The number of ether oxygens (including phenoxy) is 1. The van der Waals surface area contributed by atoms with E-state index >= 15 is 0 Å². The summed E-state index contributed by atoms with van der Waals surface area (Å²) in [5.74, 6) is -0.248. The van der Waals surface area contributed by atoms with Gasteiger partial charge in [-0.15, -0.1) is 0 Å². The minimum atomic E-state index is -3.70. The Hall–Kier alpha value is -2.26. The monoisotopic (exact) mass is 457 g/mol. The summed E-state index contributed by atoms with van der Waals surface area (Å²) in [7, 11) is -3.70. The Morgan fingerprint density at radius 3 is 2.59 bits per heavy atom. The molecule has 1 amide bonds. The SMILES string of the molecule is Cc1ccc(S(=O)(=O)N2CCC[C@H]2C(=O)NCC2CN(Cc3ccccc3)CCO2)cc1. The Morgan fingerprint density at radius 2 is 1.84 bits per heavy atom. The van der Waals surface area contributed by atoms with Crippen molar-refractivity contribution >= 4 is 15.9 Å². The van der Waals surface area contributed by atoms with E-state index in [0.717, 1.165) is 25.2 Å². The molecule has 2 heterocycles. The molecule has 0 saturated carbocycles. The number of morpholine rings is 1. The van der Waals surface area contributed by atoms with Crippen molar-refractivity contribution in [3.8, 4) is 0 Å². The minimum Gasteiger partial charge on any atom is -0.374 e. The number of nitrogens with zero attached hydrogens (tertiary/aromatic N) is 2. The molecule has 2 atom stereocenters. The third-order valence-electron chi connectivity index (χ3n) is 6.11. The van der Waals surface area contributed by atoms with Crippen LogP contribution in [-0.4, -0.2) is 68.5 Å². The van der Waals surface area contributed by atoms with Crippen LogP contribution in [-0.2, 0) is 26.1 Å². The average molecular weight is 458 g/mol. The van der Waals surface area contributed by atoms with Crippen LogP contribution in [0.15, 0.2) is 59.5 Å². The van der Waals surface area contributed by atoms with Crippen LogP contribution < -0.4 is 5.32 Å². The van der Waals surface area contributed by atoms with Gasteiger partial charge in [0.25, 0.3) is 0 Å². The quantitative estimate of drug-likeness (QED) is 0.689. The highest BCUT2D eigenvalue weighted by molar-refractivity contribution is 7.89. The summed E-state index contributed by atoms with van der Waals surface area (Å²) in [5, 5.41) is 2.94. The molecule has 0 aromatic heterocycles. The van der Waals surface area contributed by atoms with Gasteiger partial charge in [0.05, 0.1) is 17.6 Å². The molecule has 32 heavy (non-hydrogen) atoms. The molecule has 2 saturated heterocycles. The second kappa shape index (κ2) is 10.1. The van der Waals surface area contributed by atoms with Gasteiger partial charge in [-0.05, 0) is 37.5 Å². The molecule has 2 aliphatic heterocycles. The third-order valence-corrected chi connectivity index (χ3v) is 8.03. The van der Waals surface area contributed by atoms with Crippen LogP contribution in [0.2, 0.25) is 0 Å². The Balaban J connectivity index is 1.33. The summed E-state index contributed by atoms with van der Waals surface area (Å²) in [4.78, 5) is 15.5. The Bertz CT molecular complexity index is 1010. The number of amides is 1. The number of hydrogen-bond donors (Lipinski definition) is 1. The number of rotatable bonds is 7. The number of carbonyl (C=O) groups is 1. The zero-order valence-electron chi connectivity index (χ0n) is 18.4. The maximum Gasteiger partial charge on any atom is 0.243 e. The Kier molecular flexibility index (Phi) is 7.25. The molecule has 0 radical (unpaired) electrons. The summed E-state index contributed by atoms with van der Waals surface area (Å²) in [5.41, 5.74) is 2.24. The number of hydrogen-bond acceptors (Lipinski definition) is 5. The highest BCUT2D eigenvalue weighted by atomic mass is 32.2. The number of sulfonamides is 1. The van der Waals surface area contributed by atoms with Crippen molar-refractivity contribution < 1.29 is 17.9 Å². The molecule has 7 nitrogen and oxygen atoms in total. The molecule has 0 aliphatic carbocycles. The topological polar surface area (TPSA) is 79.0 Å². The summed E-state index contributed by atoms with van der Waals surface area (Å²) < 4.78 is 33.4. The van der Waals surface area contributed by atoms with E-state index in [-0.39, 0.29) is 16.9 Å². The molecule has 8 heteroatoms. The molecular weight excluding hydrogens is 426 g/mol. The lowest BCUT2D eigenvalue weighted by Crippen LogP contribution is -2.51. The maximum absolute atomic E-state index is 13.1. The highest BCUT2D eigenvalue weighted by Crippen LogP contribution is 2.26. The second-order valence-electron chi connectivity index (χ2n) is 8.55. The van der Waals surface area contributed by atoms with Crippen LogP contribution in [0.3, 0.4) is 0 Å². The average Bonchev–Trinajstić information content (AvgIpc) is 3.30. The fourth-order valence-corrected chi connectivity index (χ4v) is 6.01. The Labute approximate surface area is 190 Å². The van der Waals surface area contributed by atoms with Gasteiger partial charge >= 0.3 is 0 Å². The first-order valence-corrected chi connectivity index (χ1v) is 12.6. The first-order valence-electron chi connectivity index (χ1n) is 11.2. The van der Waals surface area contributed by atoms with Crippen molar-refractivity contribution in [1.82, 2.24) is 14.5 Å². The summed E-state index contributed by atoms with van der Waals surface area (Å²) in [6, 6.07) is 16.4. The molecular formula is C24H31N3O4S. The van der Waals surface area contributed by atoms with E-state index < -0.39 is 16.1 Å². The smallest absolute Gasteiger partial charge is 0.243 e. The van der Waals surface area contributed by atoms with Crippen molar-refractivity contribution in [2.24, 2.45) is 0 Å². The molecule has 2 aromatic carbocycles. The lowest BCUT2D eigenvalue weighted by molar-refractivity contribution is -0.125.